The molecule has 0 radical (unpaired) electrons. The summed E-state index contributed by atoms with van der Waals surface area (Å²) in [6.07, 6.45) is 0. The van der Waals surface area contributed by atoms with Gasteiger partial charge in [-0.25, -0.2) is 0 Å². The van der Waals surface area contributed by atoms with E-state index in [0.29, 0.717) is 5.75 Å². The number of benzene rings is 3. The van der Waals surface area contributed by atoms with Crippen LogP contribution in [0.1, 0.15) is 16.7 Å². The Morgan fingerprint density at radius 1 is 0.833 bits per heavy atom. The average Bonchev–Trinajstić information content (AvgIpc) is 2.59. The van der Waals surface area contributed by atoms with Crippen molar-refractivity contribution in [1.29, 1.82) is 0 Å². The van der Waals surface area contributed by atoms with E-state index in [0.717, 1.165) is 17.7 Å². The molecule has 24 heavy (non-hydrogen) atoms. The third kappa shape index (κ3) is 2.55. The Hall–Kier alpha value is -2.39. The van der Waals surface area contributed by atoms with Gasteiger partial charge in [-0.1, -0.05) is 48.2 Å². The highest BCUT2D eigenvalue weighted by atomic mass is 32.2. The molecular weight excluding hydrogens is 314 g/mol. The maximum absolute atomic E-state index is 10.0. The fourth-order valence-corrected chi connectivity index (χ4v) is 4.37. The molecule has 0 unspecified atom stereocenters. The van der Waals surface area contributed by atoms with Crippen LogP contribution in [-0.2, 0) is 6.54 Å². The molecule has 0 amide bonds. The number of aromatic hydroxyl groups is 1. The Morgan fingerprint density at radius 2 is 1.33 bits per heavy atom. The van der Waals surface area contributed by atoms with Gasteiger partial charge in [-0.05, 0) is 54.8 Å². The van der Waals surface area contributed by atoms with Crippen molar-refractivity contribution in [2.75, 3.05) is 4.90 Å². The number of rotatable bonds is 2. The minimum absolute atomic E-state index is 0.397. The topological polar surface area (TPSA) is 23.5 Å². The van der Waals surface area contributed by atoms with Gasteiger partial charge in [0.2, 0.25) is 0 Å². The number of nitrogens with zero attached hydrogens (tertiary/aromatic N) is 1. The number of aryl methyl sites for hydroxylation is 2. The predicted octanol–water partition coefficient (Wildman–Crippen LogP) is 5.81. The second kappa shape index (κ2) is 5.91. The summed E-state index contributed by atoms with van der Waals surface area (Å²) in [7, 11) is 0. The van der Waals surface area contributed by atoms with Gasteiger partial charge in [0, 0.05) is 16.3 Å². The van der Waals surface area contributed by atoms with E-state index in [-0.39, 0.29) is 0 Å². The standard InChI is InChI=1S/C21H19NOS/c1-14-11-16(12-15(2)21(14)23)13-22-17-7-3-5-9-19(17)24-20-10-6-4-8-18(20)22/h3-12,23H,13H2,1-2H3. The van der Waals surface area contributed by atoms with Gasteiger partial charge in [0.05, 0.1) is 11.4 Å². The molecule has 0 aromatic heterocycles. The van der Waals surface area contributed by atoms with Gasteiger partial charge in [-0.3, -0.25) is 0 Å². The summed E-state index contributed by atoms with van der Waals surface area (Å²) < 4.78 is 0. The van der Waals surface area contributed by atoms with Gasteiger partial charge >= 0.3 is 0 Å². The molecule has 0 saturated heterocycles. The summed E-state index contributed by atoms with van der Waals surface area (Å²) in [5.74, 6) is 0.397. The summed E-state index contributed by atoms with van der Waals surface area (Å²) in [5, 5.41) is 10.0. The molecule has 0 spiro atoms. The van der Waals surface area contributed by atoms with Gasteiger partial charge < -0.3 is 10.0 Å². The van der Waals surface area contributed by atoms with Crippen LogP contribution in [-0.4, -0.2) is 5.11 Å². The Labute approximate surface area is 146 Å². The predicted molar refractivity (Wildman–Crippen MR) is 100 cm³/mol. The van der Waals surface area contributed by atoms with Crippen LogP contribution >= 0.6 is 11.8 Å². The molecule has 0 saturated carbocycles. The summed E-state index contributed by atoms with van der Waals surface area (Å²) in [5.41, 5.74) is 5.55. The molecular formula is C21H19NOS. The third-order valence-corrected chi connectivity index (χ3v) is 5.55. The Bertz CT molecular complexity index is 851. The fourth-order valence-electron chi connectivity index (χ4n) is 3.27. The van der Waals surface area contributed by atoms with E-state index in [1.807, 2.05) is 25.6 Å². The molecule has 3 heteroatoms. The molecule has 1 aliphatic rings. The third-order valence-electron chi connectivity index (χ3n) is 4.42. The van der Waals surface area contributed by atoms with Crippen LogP contribution in [0.2, 0.25) is 0 Å². The molecule has 3 aromatic carbocycles. The largest absolute Gasteiger partial charge is 0.507 e. The SMILES string of the molecule is Cc1cc(CN2c3ccccc3Sc3ccccc32)cc(C)c1O. The first-order chi connectivity index (χ1) is 11.6. The van der Waals surface area contributed by atoms with E-state index in [2.05, 4.69) is 65.6 Å². The molecule has 0 atom stereocenters. The van der Waals surface area contributed by atoms with E-state index in [1.165, 1.54) is 26.7 Å². The maximum atomic E-state index is 10.0. The molecule has 120 valence electrons. The number of hydrogen-bond donors (Lipinski definition) is 1. The van der Waals surface area contributed by atoms with Gasteiger partial charge in [0.25, 0.3) is 0 Å². The number of phenols is 1. The summed E-state index contributed by atoms with van der Waals surface area (Å²) in [6, 6.07) is 21.2. The zero-order valence-electron chi connectivity index (χ0n) is 13.8. The normalized spacial score (nSPS) is 12.7. The lowest BCUT2D eigenvalue weighted by molar-refractivity contribution is 0.466. The van der Waals surface area contributed by atoms with E-state index in [9.17, 15) is 5.11 Å². The van der Waals surface area contributed by atoms with Crippen molar-refractivity contribution in [2.24, 2.45) is 0 Å². The Balaban J connectivity index is 1.80. The van der Waals surface area contributed by atoms with Crippen LogP contribution in [0.25, 0.3) is 0 Å². The lowest BCUT2D eigenvalue weighted by Gasteiger charge is -2.33. The van der Waals surface area contributed by atoms with Crippen molar-refractivity contribution in [3.8, 4) is 5.75 Å². The first-order valence-corrected chi connectivity index (χ1v) is 8.87. The molecule has 3 aromatic rings. The molecule has 0 bridgehead atoms. The van der Waals surface area contributed by atoms with Gasteiger partial charge in [-0.2, -0.15) is 0 Å². The van der Waals surface area contributed by atoms with E-state index in [4.69, 9.17) is 0 Å². The van der Waals surface area contributed by atoms with Crippen LogP contribution in [0.4, 0.5) is 11.4 Å². The van der Waals surface area contributed by atoms with Crippen LogP contribution in [0, 0.1) is 13.8 Å². The smallest absolute Gasteiger partial charge is 0.121 e. The van der Waals surface area contributed by atoms with E-state index in [1.54, 1.807) is 0 Å². The highest BCUT2D eigenvalue weighted by Crippen LogP contribution is 2.48. The Morgan fingerprint density at radius 3 is 1.88 bits per heavy atom. The highest BCUT2D eigenvalue weighted by Gasteiger charge is 2.23. The second-order valence-corrected chi connectivity index (χ2v) is 7.29. The maximum Gasteiger partial charge on any atom is 0.121 e. The van der Waals surface area contributed by atoms with E-state index >= 15 is 0 Å². The first kappa shape index (κ1) is 15.2. The van der Waals surface area contributed by atoms with Crippen molar-refractivity contribution >= 4 is 23.1 Å². The number of hydrogen-bond acceptors (Lipinski definition) is 3. The number of fused-ring (bicyclic) bond motifs is 2. The number of anilines is 2. The number of phenolic OH excluding ortho intramolecular Hbond substituents is 1. The second-order valence-electron chi connectivity index (χ2n) is 6.20. The molecule has 1 N–H and O–H groups in total. The zero-order valence-corrected chi connectivity index (χ0v) is 14.6. The average molecular weight is 333 g/mol. The van der Waals surface area contributed by atoms with Crippen molar-refractivity contribution in [3.63, 3.8) is 0 Å². The quantitative estimate of drug-likeness (QED) is 0.640. The van der Waals surface area contributed by atoms with Crippen molar-refractivity contribution in [3.05, 3.63) is 77.4 Å². The first-order valence-electron chi connectivity index (χ1n) is 8.06. The lowest BCUT2D eigenvalue weighted by Crippen LogP contribution is -2.20. The molecule has 2 nitrogen and oxygen atoms in total. The summed E-state index contributed by atoms with van der Waals surface area (Å²) in [6.45, 7) is 4.70. The van der Waals surface area contributed by atoms with Crippen LogP contribution in [0.5, 0.6) is 5.75 Å². The number of para-hydroxylation sites is 2. The molecule has 1 heterocycles. The molecule has 0 aliphatic carbocycles. The molecule has 4 rings (SSSR count). The van der Waals surface area contributed by atoms with Gasteiger partial charge in [0.1, 0.15) is 5.75 Å². The minimum atomic E-state index is 0.397. The highest BCUT2D eigenvalue weighted by molar-refractivity contribution is 7.99. The van der Waals surface area contributed by atoms with Crippen LogP contribution in [0.15, 0.2) is 70.5 Å². The molecule has 1 aliphatic heterocycles. The van der Waals surface area contributed by atoms with E-state index < -0.39 is 0 Å². The van der Waals surface area contributed by atoms with Crippen molar-refractivity contribution < 1.29 is 5.11 Å². The monoisotopic (exact) mass is 333 g/mol. The van der Waals surface area contributed by atoms with Gasteiger partial charge in [-0.15, -0.1) is 0 Å². The summed E-state index contributed by atoms with van der Waals surface area (Å²) in [4.78, 5) is 4.93. The lowest BCUT2D eigenvalue weighted by atomic mass is 10.0. The Kier molecular flexibility index (Phi) is 3.73. The van der Waals surface area contributed by atoms with Crippen LogP contribution in [0.3, 0.4) is 0 Å². The van der Waals surface area contributed by atoms with Crippen molar-refractivity contribution in [2.45, 2.75) is 30.2 Å². The summed E-state index contributed by atoms with van der Waals surface area (Å²) >= 11 is 1.82. The minimum Gasteiger partial charge on any atom is -0.507 e. The van der Waals surface area contributed by atoms with Crippen molar-refractivity contribution in [1.82, 2.24) is 0 Å². The fraction of sp³-hybridized carbons (Fsp3) is 0.143. The van der Waals surface area contributed by atoms with Gasteiger partial charge in [0.15, 0.2) is 0 Å². The zero-order chi connectivity index (χ0) is 16.7. The van der Waals surface area contributed by atoms with Crippen LogP contribution < -0.4 is 4.90 Å². The molecule has 0 fully saturated rings.